The Bertz CT molecular complexity index is 268. The second-order valence-electron chi connectivity index (χ2n) is 3.37. The quantitative estimate of drug-likeness (QED) is 0.433. The Morgan fingerprint density at radius 2 is 2.07 bits per heavy atom. The average molecular weight is 230 g/mol. The van der Waals surface area contributed by atoms with Crippen molar-refractivity contribution in [3.8, 4) is 0 Å². The van der Waals surface area contributed by atoms with Gasteiger partial charge in [0.1, 0.15) is 0 Å². The number of thioether (sulfide) groups is 1. The van der Waals surface area contributed by atoms with Gasteiger partial charge in [-0.05, 0) is 50.1 Å². The topological polar surface area (TPSA) is 12.9 Å². The van der Waals surface area contributed by atoms with Gasteiger partial charge in [0, 0.05) is 11.6 Å². The van der Waals surface area contributed by atoms with E-state index in [0.717, 1.165) is 28.8 Å². The molecule has 0 aliphatic heterocycles. The Morgan fingerprint density at radius 1 is 1.29 bits per heavy atom. The van der Waals surface area contributed by atoms with E-state index >= 15 is 0 Å². The number of rotatable bonds is 5. The van der Waals surface area contributed by atoms with Crippen LogP contribution < -0.4 is 0 Å². The first kappa shape index (κ1) is 11.9. The summed E-state index contributed by atoms with van der Waals surface area (Å²) >= 11 is 7.43. The average Bonchev–Trinajstić information content (AvgIpc) is 2.11. The lowest BCUT2D eigenvalue weighted by atomic mass is 10.3. The highest BCUT2D eigenvalue weighted by Crippen LogP contribution is 2.18. The molecule has 0 atom stereocenters. The van der Waals surface area contributed by atoms with Crippen molar-refractivity contribution in [1.82, 2.24) is 4.98 Å². The summed E-state index contributed by atoms with van der Waals surface area (Å²) in [5, 5.41) is 1.14. The van der Waals surface area contributed by atoms with Crippen LogP contribution in [0.1, 0.15) is 24.1 Å². The molecule has 0 N–H and O–H groups in total. The van der Waals surface area contributed by atoms with Crippen LogP contribution in [0.4, 0.5) is 0 Å². The molecule has 0 unspecified atom stereocenters. The molecule has 0 spiro atoms. The number of halogens is 1. The van der Waals surface area contributed by atoms with E-state index in [1.54, 1.807) is 0 Å². The molecule has 0 aliphatic rings. The summed E-state index contributed by atoms with van der Waals surface area (Å²) in [5.74, 6) is 1.88. The molecule has 0 aliphatic carbocycles. The summed E-state index contributed by atoms with van der Waals surface area (Å²) in [6.07, 6.45) is 2.27. The predicted molar refractivity (Wildman–Crippen MR) is 64.4 cm³/mol. The van der Waals surface area contributed by atoms with Gasteiger partial charge in [-0.2, -0.15) is 0 Å². The first-order valence-electron chi connectivity index (χ1n) is 4.86. The summed E-state index contributed by atoms with van der Waals surface area (Å²) < 4.78 is 0. The molecule has 1 heterocycles. The van der Waals surface area contributed by atoms with Crippen molar-refractivity contribution in [2.24, 2.45) is 0 Å². The van der Waals surface area contributed by atoms with Gasteiger partial charge in [0.15, 0.2) is 0 Å². The van der Waals surface area contributed by atoms with Crippen LogP contribution in [-0.2, 0) is 0 Å². The number of hydrogen-bond acceptors (Lipinski definition) is 2. The second kappa shape index (κ2) is 6.31. The molecule has 1 nitrogen and oxygen atoms in total. The van der Waals surface area contributed by atoms with Crippen LogP contribution in [-0.4, -0.2) is 16.6 Å². The fraction of sp³-hybridized carbons (Fsp3) is 0.545. The zero-order chi connectivity index (χ0) is 10.4. The molecule has 3 heteroatoms. The van der Waals surface area contributed by atoms with Crippen LogP contribution in [0.15, 0.2) is 17.2 Å². The molecule has 0 bridgehead atoms. The lowest BCUT2D eigenvalue weighted by Crippen LogP contribution is -1.88. The Morgan fingerprint density at radius 3 is 2.71 bits per heavy atom. The standard InChI is InChI=1S/C11H16ClNS/c1-9-7-10(2)13-11(8-9)14-6-4-3-5-12/h7-8H,3-6H2,1-2H3. The highest BCUT2D eigenvalue weighted by Gasteiger charge is 1.98. The van der Waals surface area contributed by atoms with Gasteiger partial charge in [-0.3, -0.25) is 0 Å². The Kier molecular flexibility index (Phi) is 5.34. The smallest absolute Gasteiger partial charge is 0.0965 e. The number of unbranched alkanes of at least 4 members (excludes halogenated alkanes) is 1. The van der Waals surface area contributed by atoms with Crippen molar-refractivity contribution < 1.29 is 0 Å². The maximum Gasteiger partial charge on any atom is 0.0965 e. The predicted octanol–water partition coefficient (Wildman–Crippen LogP) is 3.81. The van der Waals surface area contributed by atoms with Crippen LogP contribution in [0, 0.1) is 13.8 Å². The van der Waals surface area contributed by atoms with Gasteiger partial charge in [-0.1, -0.05) is 0 Å². The lowest BCUT2D eigenvalue weighted by Gasteiger charge is -2.03. The molecule has 14 heavy (non-hydrogen) atoms. The number of nitrogens with zero attached hydrogens (tertiary/aromatic N) is 1. The fourth-order valence-electron chi connectivity index (χ4n) is 1.25. The van der Waals surface area contributed by atoms with Gasteiger partial charge in [0.05, 0.1) is 5.03 Å². The third-order valence-corrected chi connectivity index (χ3v) is 3.12. The summed E-state index contributed by atoms with van der Waals surface area (Å²) in [7, 11) is 0. The van der Waals surface area contributed by atoms with Crippen molar-refractivity contribution in [3.05, 3.63) is 23.4 Å². The largest absolute Gasteiger partial charge is 0.247 e. The highest BCUT2D eigenvalue weighted by atomic mass is 35.5. The van der Waals surface area contributed by atoms with E-state index in [-0.39, 0.29) is 0 Å². The maximum atomic E-state index is 5.61. The monoisotopic (exact) mass is 229 g/mol. The normalized spacial score (nSPS) is 10.5. The van der Waals surface area contributed by atoms with Crippen LogP contribution >= 0.6 is 23.4 Å². The van der Waals surface area contributed by atoms with Gasteiger partial charge in [0.2, 0.25) is 0 Å². The molecular weight excluding hydrogens is 214 g/mol. The Hall–Kier alpha value is -0.210. The summed E-state index contributed by atoms with van der Waals surface area (Å²) in [6, 6.07) is 4.24. The minimum absolute atomic E-state index is 0.765. The van der Waals surface area contributed by atoms with Gasteiger partial charge in [-0.15, -0.1) is 23.4 Å². The molecule has 0 saturated heterocycles. The highest BCUT2D eigenvalue weighted by molar-refractivity contribution is 7.99. The number of aromatic nitrogens is 1. The molecule has 0 saturated carbocycles. The third-order valence-electron chi connectivity index (χ3n) is 1.85. The molecule has 1 aromatic heterocycles. The Labute approximate surface area is 95.3 Å². The van der Waals surface area contributed by atoms with E-state index in [9.17, 15) is 0 Å². The summed E-state index contributed by atoms with van der Waals surface area (Å²) in [5.41, 5.74) is 2.39. The van der Waals surface area contributed by atoms with Crippen molar-refractivity contribution >= 4 is 23.4 Å². The minimum atomic E-state index is 0.765. The van der Waals surface area contributed by atoms with Crippen molar-refractivity contribution in [3.63, 3.8) is 0 Å². The first-order chi connectivity index (χ1) is 6.72. The maximum absolute atomic E-state index is 5.61. The second-order valence-corrected chi connectivity index (χ2v) is 4.86. The zero-order valence-corrected chi connectivity index (χ0v) is 10.3. The minimum Gasteiger partial charge on any atom is -0.247 e. The zero-order valence-electron chi connectivity index (χ0n) is 8.72. The van der Waals surface area contributed by atoms with Gasteiger partial charge < -0.3 is 0 Å². The first-order valence-corrected chi connectivity index (χ1v) is 6.38. The molecule has 0 amide bonds. The van der Waals surface area contributed by atoms with E-state index in [4.69, 9.17) is 11.6 Å². The van der Waals surface area contributed by atoms with Crippen LogP contribution in [0.25, 0.3) is 0 Å². The molecule has 0 radical (unpaired) electrons. The molecule has 78 valence electrons. The van der Waals surface area contributed by atoms with Crippen molar-refractivity contribution in [1.29, 1.82) is 0 Å². The SMILES string of the molecule is Cc1cc(C)nc(SCCCCCl)c1. The number of aryl methyl sites for hydroxylation is 2. The van der Waals surface area contributed by atoms with E-state index in [2.05, 4.69) is 24.0 Å². The number of hydrogen-bond donors (Lipinski definition) is 0. The van der Waals surface area contributed by atoms with E-state index in [0.29, 0.717) is 0 Å². The van der Waals surface area contributed by atoms with Crippen LogP contribution in [0.3, 0.4) is 0 Å². The molecule has 1 rings (SSSR count). The summed E-state index contributed by atoms with van der Waals surface area (Å²) in [6.45, 7) is 4.15. The van der Waals surface area contributed by atoms with Gasteiger partial charge >= 0.3 is 0 Å². The number of alkyl halides is 1. The van der Waals surface area contributed by atoms with Crippen molar-refractivity contribution in [2.75, 3.05) is 11.6 Å². The van der Waals surface area contributed by atoms with Crippen LogP contribution in [0.2, 0.25) is 0 Å². The fourth-order valence-corrected chi connectivity index (χ4v) is 2.48. The van der Waals surface area contributed by atoms with E-state index < -0.39 is 0 Å². The lowest BCUT2D eigenvalue weighted by molar-refractivity contribution is 0.900. The van der Waals surface area contributed by atoms with Crippen molar-refractivity contribution in [2.45, 2.75) is 31.7 Å². The molecule has 0 aromatic carbocycles. The molecular formula is C11H16ClNS. The van der Waals surface area contributed by atoms with Crippen LogP contribution in [0.5, 0.6) is 0 Å². The van der Waals surface area contributed by atoms with Gasteiger partial charge in [0.25, 0.3) is 0 Å². The van der Waals surface area contributed by atoms with E-state index in [1.807, 2.05) is 18.7 Å². The summed E-state index contributed by atoms with van der Waals surface area (Å²) in [4.78, 5) is 4.46. The number of pyridine rings is 1. The van der Waals surface area contributed by atoms with Gasteiger partial charge in [-0.25, -0.2) is 4.98 Å². The molecule has 0 fully saturated rings. The molecule has 1 aromatic rings. The third kappa shape index (κ3) is 4.34. The van der Waals surface area contributed by atoms with E-state index in [1.165, 1.54) is 12.0 Å². The Balaban J connectivity index is 2.42.